The van der Waals surface area contributed by atoms with Crippen molar-refractivity contribution in [2.24, 2.45) is 10.8 Å². The van der Waals surface area contributed by atoms with Crippen LogP contribution in [0.1, 0.15) is 70.1 Å². The van der Waals surface area contributed by atoms with Crippen LogP contribution >= 0.6 is 11.3 Å². The summed E-state index contributed by atoms with van der Waals surface area (Å²) in [7, 11) is 0. The zero-order valence-electron chi connectivity index (χ0n) is 17.8. The van der Waals surface area contributed by atoms with Gasteiger partial charge in [-0.15, -0.1) is 11.3 Å². The van der Waals surface area contributed by atoms with Crippen molar-refractivity contribution in [3.8, 4) is 0 Å². The van der Waals surface area contributed by atoms with Gasteiger partial charge in [0.1, 0.15) is 0 Å². The minimum atomic E-state index is -0.463. The Balaban J connectivity index is 2.36. The van der Waals surface area contributed by atoms with Crippen LogP contribution in [-0.2, 0) is 11.2 Å². The van der Waals surface area contributed by atoms with Gasteiger partial charge in [0.15, 0.2) is 5.78 Å². The Morgan fingerprint density at radius 3 is 2.22 bits per heavy atom. The van der Waals surface area contributed by atoms with Gasteiger partial charge in [-0.3, -0.25) is 9.59 Å². The van der Waals surface area contributed by atoms with E-state index in [4.69, 9.17) is 0 Å². The van der Waals surface area contributed by atoms with Crippen LogP contribution in [0.3, 0.4) is 0 Å². The van der Waals surface area contributed by atoms with Gasteiger partial charge in [-0.2, -0.15) is 0 Å². The van der Waals surface area contributed by atoms with Crippen molar-refractivity contribution in [3.63, 3.8) is 0 Å². The van der Waals surface area contributed by atoms with Crippen molar-refractivity contribution in [1.29, 1.82) is 0 Å². The lowest BCUT2D eigenvalue weighted by Crippen LogP contribution is -2.35. The minimum Gasteiger partial charge on any atom is -0.343 e. The number of hydrogen-bond donors (Lipinski definition) is 0. The SMILES string of the molecule is CCN(CCC(C)(C)C)C(=O)Cc1c(C(=O)C(C)(C)C)sc2ccccc12. The van der Waals surface area contributed by atoms with E-state index in [1.165, 1.54) is 11.3 Å². The van der Waals surface area contributed by atoms with Gasteiger partial charge < -0.3 is 4.90 Å². The van der Waals surface area contributed by atoms with E-state index < -0.39 is 5.41 Å². The second kappa shape index (κ2) is 8.14. The molecule has 1 amide bonds. The van der Waals surface area contributed by atoms with Gasteiger partial charge in [0.2, 0.25) is 5.91 Å². The molecule has 1 aromatic heterocycles. The molecule has 4 heteroatoms. The van der Waals surface area contributed by atoms with Crippen LogP contribution in [0.2, 0.25) is 0 Å². The smallest absolute Gasteiger partial charge is 0.227 e. The molecule has 0 saturated carbocycles. The van der Waals surface area contributed by atoms with E-state index in [0.29, 0.717) is 13.0 Å². The van der Waals surface area contributed by atoms with Gasteiger partial charge in [-0.25, -0.2) is 0 Å². The number of hydrogen-bond acceptors (Lipinski definition) is 3. The van der Waals surface area contributed by atoms with Crippen LogP contribution in [-0.4, -0.2) is 29.7 Å². The first-order valence-corrected chi connectivity index (χ1v) is 10.6. The Morgan fingerprint density at radius 2 is 1.67 bits per heavy atom. The fraction of sp³-hybridized carbons (Fsp3) is 0.565. The number of fused-ring (bicyclic) bond motifs is 1. The highest BCUT2D eigenvalue weighted by molar-refractivity contribution is 7.21. The molecular weight excluding hydrogens is 354 g/mol. The molecule has 0 bridgehead atoms. The fourth-order valence-corrected chi connectivity index (χ4v) is 4.36. The van der Waals surface area contributed by atoms with Crippen LogP contribution in [0.25, 0.3) is 10.1 Å². The number of likely N-dealkylation sites (N-methyl/N-ethyl adjacent to an activating group) is 1. The molecule has 0 saturated heterocycles. The Bertz CT molecular complexity index is 821. The number of amides is 1. The molecule has 2 aromatic rings. The molecule has 0 aliphatic rings. The zero-order valence-corrected chi connectivity index (χ0v) is 18.6. The molecule has 0 aliphatic carbocycles. The number of carbonyl (C=O) groups excluding carboxylic acids is 2. The molecule has 1 aromatic carbocycles. The highest BCUT2D eigenvalue weighted by Crippen LogP contribution is 2.36. The number of Topliss-reactive ketones (excluding diaryl/α,β-unsaturated/α-hetero) is 1. The largest absolute Gasteiger partial charge is 0.343 e. The summed E-state index contributed by atoms with van der Waals surface area (Å²) >= 11 is 1.52. The molecule has 2 rings (SSSR count). The average molecular weight is 388 g/mol. The molecule has 0 atom stereocenters. The van der Waals surface area contributed by atoms with E-state index in [2.05, 4.69) is 20.8 Å². The van der Waals surface area contributed by atoms with Crippen LogP contribution in [0, 0.1) is 10.8 Å². The summed E-state index contributed by atoms with van der Waals surface area (Å²) in [6, 6.07) is 8.02. The minimum absolute atomic E-state index is 0.105. The molecule has 3 nitrogen and oxygen atoms in total. The van der Waals surface area contributed by atoms with Crippen molar-refractivity contribution < 1.29 is 9.59 Å². The highest BCUT2D eigenvalue weighted by atomic mass is 32.1. The molecule has 0 N–H and O–H groups in total. The second-order valence-electron chi connectivity index (χ2n) is 9.45. The average Bonchev–Trinajstić information content (AvgIpc) is 2.91. The summed E-state index contributed by atoms with van der Waals surface area (Å²) in [6.45, 7) is 15.9. The number of thiophene rings is 1. The van der Waals surface area contributed by atoms with Crippen molar-refractivity contribution >= 4 is 33.1 Å². The first-order valence-electron chi connectivity index (χ1n) is 9.77. The molecule has 0 unspecified atom stereocenters. The number of nitrogens with zero attached hydrogens (tertiary/aromatic N) is 1. The van der Waals surface area contributed by atoms with E-state index in [1.807, 2.05) is 56.9 Å². The summed E-state index contributed by atoms with van der Waals surface area (Å²) < 4.78 is 1.07. The predicted octanol–water partition coefficient (Wildman–Crippen LogP) is 5.96. The molecule has 148 valence electrons. The molecule has 0 aliphatic heterocycles. The Kier molecular flexibility index (Phi) is 6.51. The monoisotopic (exact) mass is 387 g/mol. The van der Waals surface area contributed by atoms with Crippen LogP contribution in [0.5, 0.6) is 0 Å². The second-order valence-corrected chi connectivity index (χ2v) is 10.5. The number of ketones is 1. The van der Waals surface area contributed by atoms with Crippen molar-refractivity contribution in [2.75, 3.05) is 13.1 Å². The number of benzene rings is 1. The normalized spacial score (nSPS) is 12.4. The highest BCUT2D eigenvalue weighted by Gasteiger charge is 2.29. The third-order valence-electron chi connectivity index (χ3n) is 4.78. The summed E-state index contributed by atoms with van der Waals surface area (Å²) in [5, 5.41) is 1.04. The maximum atomic E-state index is 13.0. The van der Waals surface area contributed by atoms with Crippen LogP contribution in [0.15, 0.2) is 24.3 Å². The number of rotatable bonds is 6. The molecule has 0 spiro atoms. The Labute approximate surface area is 167 Å². The quantitative estimate of drug-likeness (QED) is 0.574. The molecule has 1 heterocycles. The fourth-order valence-electron chi connectivity index (χ4n) is 2.99. The summed E-state index contributed by atoms with van der Waals surface area (Å²) in [6.07, 6.45) is 1.25. The van der Waals surface area contributed by atoms with Gasteiger partial charge in [0.05, 0.1) is 11.3 Å². The lowest BCUT2D eigenvalue weighted by atomic mass is 9.88. The van der Waals surface area contributed by atoms with Crippen LogP contribution in [0.4, 0.5) is 0 Å². The first kappa shape index (κ1) is 21.6. The molecule has 0 radical (unpaired) electrons. The third kappa shape index (κ3) is 5.41. The van der Waals surface area contributed by atoms with Crippen molar-refractivity contribution in [2.45, 2.75) is 61.3 Å². The van der Waals surface area contributed by atoms with E-state index >= 15 is 0 Å². The third-order valence-corrected chi connectivity index (χ3v) is 5.99. The van der Waals surface area contributed by atoms with Crippen molar-refractivity contribution in [3.05, 3.63) is 34.7 Å². The van der Waals surface area contributed by atoms with Gasteiger partial charge in [0.25, 0.3) is 0 Å². The topological polar surface area (TPSA) is 37.4 Å². The maximum Gasteiger partial charge on any atom is 0.227 e. The Hall–Kier alpha value is -1.68. The zero-order chi connectivity index (χ0) is 20.4. The summed E-state index contributed by atoms with van der Waals surface area (Å²) in [4.78, 5) is 28.7. The molecular formula is C23H33NO2S. The van der Waals surface area contributed by atoms with Gasteiger partial charge in [-0.1, -0.05) is 59.7 Å². The number of carbonyl (C=O) groups is 2. The van der Waals surface area contributed by atoms with Gasteiger partial charge in [-0.05, 0) is 35.8 Å². The lowest BCUT2D eigenvalue weighted by Gasteiger charge is -2.26. The standard InChI is InChI=1S/C23H33NO2S/c1-8-24(14-13-22(2,3)4)19(25)15-17-16-11-9-10-12-18(16)27-20(17)21(26)23(5,6)7/h9-12H,8,13-15H2,1-7H3. The molecule has 27 heavy (non-hydrogen) atoms. The van der Waals surface area contributed by atoms with Crippen LogP contribution < -0.4 is 0 Å². The van der Waals surface area contributed by atoms with E-state index in [9.17, 15) is 9.59 Å². The van der Waals surface area contributed by atoms with Gasteiger partial charge in [0, 0.05) is 23.2 Å². The summed E-state index contributed by atoms with van der Waals surface area (Å²) in [5.41, 5.74) is 0.626. The summed E-state index contributed by atoms with van der Waals surface area (Å²) in [5.74, 6) is 0.220. The van der Waals surface area contributed by atoms with Gasteiger partial charge >= 0.3 is 0 Å². The van der Waals surface area contributed by atoms with E-state index in [-0.39, 0.29) is 17.1 Å². The maximum absolute atomic E-state index is 13.0. The first-order chi connectivity index (χ1) is 12.4. The van der Waals surface area contributed by atoms with E-state index in [0.717, 1.165) is 33.5 Å². The lowest BCUT2D eigenvalue weighted by molar-refractivity contribution is -0.130. The van der Waals surface area contributed by atoms with Crippen molar-refractivity contribution in [1.82, 2.24) is 4.90 Å². The molecule has 0 fully saturated rings. The predicted molar refractivity (Wildman–Crippen MR) is 116 cm³/mol. The van der Waals surface area contributed by atoms with E-state index in [1.54, 1.807) is 0 Å². The Morgan fingerprint density at radius 1 is 1.04 bits per heavy atom.